The molecule has 20 heavy (non-hydrogen) atoms. The minimum Gasteiger partial charge on any atom is -0.384 e. The van der Waals surface area contributed by atoms with Crippen LogP contribution in [-0.4, -0.2) is 9.55 Å². The Bertz CT molecular complexity index is 529. The Morgan fingerprint density at radius 2 is 1.80 bits per heavy atom. The van der Waals surface area contributed by atoms with Gasteiger partial charge in [0.25, 0.3) is 0 Å². The molecule has 1 heterocycles. The van der Waals surface area contributed by atoms with Gasteiger partial charge in [-0.05, 0) is 19.3 Å². The summed E-state index contributed by atoms with van der Waals surface area (Å²) in [6.45, 7) is 5.32. The molecule has 0 fully saturated rings. The molecule has 2 rings (SSSR count). The zero-order valence-electron chi connectivity index (χ0n) is 12.6. The number of hydrogen-bond donors (Lipinski definition) is 1. The maximum Gasteiger partial charge on any atom is 0.141 e. The summed E-state index contributed by atoms with van der Waals surface area (Å²) in [7, 11) is 0. The first-order chi connectivity index (χ1) is 9.77. The van der Waals surface area contributed by atoms with Gasteiger partial charge in [-0.1, -0.05) is 57.0 Å². The van der Waals surface area contributed by atoms with E-state index < -0.39 is 0 Å². The lowest BCUT2D eigenvalue weighted by atomic mass is 10.1. The number of nitrogen functional groups attached to an aromatic ring is 1. The summed E-state index contributed by atoms with van der Waals surface area (Å²) in [6.07, 6.45) is 5.67. The Kier molecular flexibility index (Phi) is 5.22. The number of hydrogen-bond acceptors (Lipinski definition) is 2. The molecule has 0 amide bonds. The molecule has 0 bridgehead atoms. The highest BCUT2D eigenvalue weighted by Gasteiger charge is 2.15. The number of benzene rings is 1. The van der Waals surface area contributed by atoms with Crippen molar-refractivity contribution in [2.75, 3.05) is 5.73 Å². The summed E-state index contributed by atoms with van der Waals surface area (Å²) in [5.41, 5.74) is 8.52. The lowest BCUT2D eigenvalue weighted by Crippen LogP contribution is -2.05. The van der Waals surface area contributed by atoms with E-state index in [1.807, 2.05) is 18.2 Å². The molecule has 3 nitrogen and oxygen atoms in total. The van der Waals surface area contributed by atoms with E-state index >= 15 is 0 Å². The Labute approximate surface area is 121 Å². The van der Waals surface area contributed by atoms with E-state index in [-0.39, 0.29) is 0 Å². The topological polar surface area (TPSA) is 43.8 Å². The van der Waals surface area contributed by atoms with Gasteiger partial charge in [-0.15, -0.1) is 0 Å². The van der Waals surface area contributed by atoms with Crippen LogP contribution in [0.1, 0.15) is 45.2 Å². The maximum absolute atomic E-state index is 6.31. The van der Waals surface area contributed by atoms with Gasteiger partial charge in [0, 0.05) is 12.1 Å². The molecule has 2 N–H and O–H groups in total. The van der Waals surface area contributed by atoms with Gasteiger partial charge >= 0.3 is 0 Å². The maximum atomic E-state index is 6.31. The molecule has 0 atom stereocenters. The molecule has 0 radical (unpaired) electrons. The van der Waals surface area contributed by atoms with E-state index in [0.717, 1.165) is 48.7 Å². The average Bonchev–Trinajstić information content (AvgIpc) is 2.78. The minimum absolute atomic E-state index is 0.849. The molecule has 1 aromatic heterocycles. The van der Waals surface area contributed by atoms with E-state index in [2.05, 4.69) is 30.5 Å². The summed E-state index contributed by atoms with van der Waals surface area (Å²) in [6, 6.07) is 10.3. The van der Waals surface area contributed by atoms with Gasteiger partial charge in [0.2, 0.25) is 0 Å². The van der Waals surface area contributed by atoms with Crippen LogP contribution in [0.5, 0.6) is 0 Å². The third-order valence-electron chi connectivity index (χ3n) is 3.58. The van der Waals surface area contributed by atoms with Crippen molar-refractivity contribution >= 4 is 5.82 Å². The predicted molar refractivity (Wildman–Crippen MR) is 85.6 cm³/mol. The highest BCUT2D eigenvalue weighted by Crippen LogP contribution is 2.25. The molecule has 0 aliphatic heterocycles. The smallest absolute Gasteiger partial charge is 0.141 e. The van der Waals surface area contributed by atoms with Crippen molar-refractivity contribution in [3.05, 3.63) is 36.0 Å². The lowest BCUT2D eigenvalue weighted by molar-refractivity contribution is 0.689. The van der Waals surface area contributed by atoms with Crippen molar-refractivity contribution in [3.63, 3.8) is 0 Å². The van der Waals surface area contributed by atoms with Crippen LogP contribution in [0.3, 0.4) is 0 Å². The molecular weight excluding hydrogens is 246 g/mol. The van der Waals surface area contributed by atoms with Crippen molar-refractivity contribution in [2.24, 2.45) is 0 Å². The summed E-state index contributed by atoms with van der Waals surface area (Å²) in [5.74, 6) is 1.86. The minimum atomic E-state index is 0.849. The number of nitrogens with zero attached hydrogens (tertiary/aromatic N) is 2. The van der Waals surface area contributed by atoms with Gasteiger partial charge in [0.1, 0.15) is 11.6 Å². The first-order valence-electron chi connectivity index (χ1n) is 7.68. The fraction of sp³-hybridized carbons (Fsp3) is 0.471. The third-order valence-corrected chi connectivity index (χ3v) is 3.58. The van der Waals surface area contributed by atoms with Gasteiger partial charge in [0.05, 0.1) is 5.69 Å². The first-order valence-corrected chi connectivity index (χ1v) is 7.68. The standard InChI is InChI=1S/C17H25N3/c1-3-5-7-12-15-16(18)20(13-4-2)17(19-15)14-10-8-6-9-11-14/h6,8-11H,3-5,7,12-13,18H2,1-2H3. The number of anilines is 1. The lowest BCUT2D eigenvalue weighted by Gasteiger charge is -2.08. The van der Waals surface area contributed by atoms with Crippen LogP contribution < -0.4 is 5.73 Å². The number of imidazole rings is 1. The average molecular weight is 271 g/mol. The highest BCUT2D eigenvalue weighted by molar-refractivity contribution is 5.60. The molecule has 2 aromatic rings. The Morgan fingerprint density at radius 3 is 2.45 bits per heavy atom. The van der Waals surface area contributed by atoms with Crippen molar-refractivity contribution in [1.82, 2.24) is 9.55 Å². The quantitative estimate of drug-likeness (QED) is 0.764. The number of nitrogens with two attached hydrogens (primary N) is 1. The molecule has 0 saturated carbocycles. The van der Waals surface area contributed by atoms with Gasteiger partial charge in [-0.3, -0.25) is 0 Å². The second kappa shape index (κ2) is 7.13. The SMILES string of the molecule is CCCCCc1nc(-c2ccccc2)n(CCC)c1N. The van der Waals surface area contributed by atoms with Crippen LogP contribution in [0.15, 0.2) is 30.3 Å². The zero-order valence-corrected chi connectivity index (χ0v) is 12.6. The number of aryl methyl sites for hydroxylation is 1. The molecule has 1 aromatic carbocycles. The zero-order chi connectivity index (χ0) is 14.4. The summed E-state index contributed by atoms with van der Waals surface area (Å²) < 4.78 is 2.16. The Balaban J connectivity index is 2.32. The van der Waals surface area contributed by atoms with E-state index in [0.29, 0.717) is 0 Å². The van der Waals surface area contributed by atoms with E-state index in [1.165, 1.54) is 12.8 Å². The number of unbranched alkanes of at least 4 members (excludes halogenated alkanes) is 2. The molecule has 0 unspecified atom stereocenters. The van der Waals surface area contributed by atoms with Gasteiger partial charge < -0.3 is 10.3 Å². The van der Waals surface area contributed by atoms with E-state index in [9.17, 15) is 0 Å². The normalized spacial score (nSPS) is 10.9. The van der Waals surface area contributed by atoms with Crippen LogP contribution in [-0.2, 0) is 13.0 Å². The van der Waals surface area contributed by atoms with Gasteiger partial charge in [0.15, 0.2) is 0 Å². The second-order valence-corrected chi connectivity index (χ2v) is 5.24. The van der Waals surface area contributed by atoms with Crippen LogP contribution in [0.2, 0.25) is 0 Å². The molecule has 0 aliphatic rings. The molecule has 108 valence electrons. The molecular formula is C17H25N3. The number of rotatable bonds is 7. The monoisotopic (exact) mass is 271 g/mol. The van der Waals surface area contributed by atoms with Crippen LogP contribution in [0, 0.1) is 0 Å². The van der Waals surface area contributed by atoms with E-state index in [1.54, 1.807) is 0 Å². The second-order valence-electron chi connectivity index (χ2n) is 5.24. The van der Waals surface area contributed by atoms with E-state index in [4.69, 9.17) is 10.7 Å². The molecule has 3 heteroatoms. The highest BCUT2D eigenvalue weighted by atomic mass is 15.1. The van der Waals surface area contributed by atoms with Crippen molar-refractivity contribution in [1.29, 1.82) is 0 Å². The predicted octanol–water partition coefficient (Wildman–Crippen LogP) is 4.28. The van der Waals surface area contributed by atoms with Gasteiger partial charge in [-0.2, -0.15) is 0 Å². The Hall–Kier alpha value is -1.77. The summed E-state index contributed by atoms with van der Waals surface area (Å²) in [4.78, 5) is 4.81. The van der Waals surface area contributed by atoms with Crippen molar-refractivity contribution in [3.8, 4) is 11.4 Å². The van der Waals surface area contributed by atoms with Crippen LogP contribution in [0.25, 0.3) is 11.4 Å². The van der Waals surface area contributed by atoms with Crippen LogP contribution >= 0.6 is 0 Å². The van der Waals surface area contributed by atoms with Gasteiger partial charge in [-0.25, -0.2) is 4.98 Å². The van der Waals surface area contributed by atoms with Crippen LogP contribution in [0.4, 0.5) is 5.82 Å². The summed E-state index contributed by atoms with van der Waals surface area (Å²) >= 11 is 0. The third kappa shape index (κ3) is 3.21. The number of aromatic nitrogens is 2. The summed E-state index contributed by atoms with van der Waals surface area (Å²) in [5, 5.41) is 0. The fourth-order valence-corrected chi connectivity index (χ4v) is 2.50. The van der Waals surface area contributed by atoms with Crippen molar-refractivity contribution in [2.45, 2.75) is 52.5 Å². The first kappa shape index (κ1) is 14.6. The molecule has 0 aliphatic carbocycles. The molecule has 0 saturated heterocycles. The molecule has 0 spiro atoms. The van der Waals surface area contributed by atoms with Crippen molar-refractivity contribution < 1.29 is 0 Å². The fourth-order valence-electron chi connectivity index (χ4n) is 2.50. The largest absolute Gasteiger partial charge is 0.384 e. The Morgan fingerprint density at radius 1 is 1.05 bits per heavy atom.